The minimum atomic E-state index is 0.645. The highest BCUT2D eigenvalue weighted by atomic mass is 16.5. The fourth-order valence-corrected chi connectivity index (χ4v) is 1.55. The Hall–Kier alpha value is -2.24. The molecular formula is C11H15N5O. The van der Waals surface area contributed by atoms with Gasteiger partial charge in [-0.1, -0.05) is 0 Å². The first-order chi connectivity index (χ1) is 8.10. The minimum Gasteiger partial charge on any atom is -0.481 e. The third-order valence-electron chi connectivity index (χ3n) is 2.39. The number of nitrogen functional groups attached to an aromatic ring is 1. The van der Waals surface area contributed by atoms with Crippen molar-refractivity contribution in [2.45, 2.75) is 6.92 Å². The highest BCUT2D eigenvalue weighted by Gasteiger charge is 2.07. The number of ether oxygens (including phenoxy) is 1. The number of hydrogen-bond donors (Lipinski definition) is 2. The Kier molecular flexibility index (Phi) is 2.86. The third kappa shape index (κ3) is 2.30. The van der Waals surface area contributed by atoms with Gasteiger partial charge >= 0.3 is 0 Å². The first-order valence-electron chi connectivity index (χ1n) is 5.17. The highest BCUT2D eigenvalue weighted by Crippen LogP contribution is 2.21. The summed E-state index contributed by atoms with van der Waals surface area (Å²) >= 11 is 0. The average molecular weight is 233 g/mol. The zero-order valence-corrected chi connectivity index (χ0v) is 10.1. The molecule has 2 rings (SSSR count). The fraction of sp³-hybridized carbons (Fsp3) is 0.273. The lowest BCUT2D eigenvalue weighted by atomic mass is 10.2. The van der Waals surface area contributed by atoms with Crippen molar-refractivity contribution >= 4 is 17.3 Å². The molecule has 2 aromatic rings. The number of pyridine rings is 1. The van der Waals surface area contributed by atoms with E-state index in [2.05, 4.69) is 15.4 Å². The molecule has 6 nitrogen and oxygen atoms in total. The molecule has 0 saturated heterocycles. The van der Waals surface area contributed by atoms with Crippen LogP contribution < -0.4 is 15.8 Å². The predicted molar refractivity (Wildman–Crippen MR) is 66.4 cm³/mol. The van der Waals surface area contributed by atoms with E-state index >= 15 is 0 Å². The van der Waals surface area contributed by atoms with Crippen LogP contribution in [-0.4, -0.2) is 21.9 Å². The molecule has 0 bridgehead atoms. The molecule has 3 N–H and O–H groups in total. The zero-order chi connectivity index (χ0) is 12.4. The standard InChI is InChI=1S/C11H15N5O/c1-7-4-8(12)6-13-11(7)14-9-5-10(17-3)16(2)15-9/h4-6H,12H2,1-3H3,(H,13,14,15). The monoisotopic (exact) mass is 233 g/mol. The van der Waals surface area contributed by atoms with Gasteiger partial charge in [0.15, 0.2) is 5.82 Å². The summed E-state index contributed by atoms with van der Waals surface area (Å²) in [4.78, 5) is 4.21. The van der Waals surface area contributed by atoms with E-state index < -0.39 is 0 Å². The molecule has 2 heterocycles. The maximum absolute atomic E-state index is 5.64. The number of nitrogens with two attached hydrogens (primary N) is 1. The van der Waals surface area contributed by atoms with Gasteiger partial charge in [0, 0.05) is 13.1 Å². The summed E-state index contributed by atoms with van der Waals surface area (Å²) in [5.74, 6) is 2.10. The molecule has 0 saturated carbocycles. The van der Waals surface area contributed by atoms with Crippen LogP contribution in [0.3, 0.4) is 0 Å². The molecule has 0 spiro atoms. The van der Waals surface area contributed by atoms with Gasteiger partial charge in [-0.05, 0) is 18.6 Å². The minimum absolute atomic E-state index is 0.645. The Morgan fingerprint density at radius 2 is 2.18 bits per heavy atom. The molecule has 17 heavy (non-hydrogen) atoms. The van der Waals surface area contributed by atoms with E-state index in [0.29, 0.717) is 17.4 Å². The molecule has 0 aliphatic heterocycles. The van der Waals surface area contributed by atoms with Crippen molar-refractivity contribution in [2.24, 2.45) is 7.05 Å². The lowest BCUT2D eigenvalue weighted by Crippen LogP contribution is -1.99. The van der Waals surface area contributed by atoms with Crippen LogP contribution in [0.25, 0.3) is 0 Å². The van der Waals surface area contributed by atoms with Crippen molar-refractivity contribution in [3.05, 3.63) is 23.9 Å². The number of aryl methyl sites for hydroxylation is 2. The number of nitrogens with zero attached hydrogens (tertiary/aromatic N) is 3. The predicted octanol–water partition coefficient (Wildman–Crippen LogP) is 1.46. The lowest BCUT2D eigenvalue weighted by Gasteiger charge is -2.05. The number of nitrogens with one attached hydrogen (secondary N) is 1. The normalized spacial score (nSPS) is 10.3. The first kappa shape index (κ1) is 11.3. The van der Waals surface area contributed by atoms with Crippen LogP contribution in [0.1, 0.15) is 5.56 Å². The van der Waals surface area contributed by atoms with Gasteiger partial charge in [0.2, 0.25) is 5.88 Å². The Balaban J connectivity index is 2.25. The van der Waals surface area contributed by atoms with Gasteiger partial charge in [-0.25, -0.2) is 9.67 Å². The van der Waals surface area contributed by atoms with Crippen LogP contribution in [0.4, 0.5) is 17.3 Å². The summed E-state index contributed by atoms with van der Waals surface area (Å²) in [6.45, 7) is 1.94. The van der Waals surface area contributed by atoms with E-state index in [4.69, 9.17) is 10.5 Å². The van der Waals surface area contributed by atoms with Crippen LogP contribution in [0.15, 0.2) is 18.3 Å². The third-order valence-corrected chi connectivity index (χ3v) is 2.39. The van der Waals surface area contributed by atoms with Crippen LogP contribution in [0, 0.1) is 6.92 Å². The number of anilines is 3. The highest BCUT2D eigenvalue weighted by molar-refractivity contribution is 5.59. The van der Waals surface area contributed by atoms with Gasteiger partial charge in [-0.15, -0.1) is 0 Å². The molecule has 90 valence electrons. The largest absolute Gasteiger partial charge is 0.481 e. The summed E-state index contributed by atoms with van der Waals surface area (Å²) in [7, 11) is 3.42. The van der Waals surface area contributed by atoms with Crippen LogP contribution >= 0.6 is 0 Å². The van der Waals surface area contributed by atoms with Gasteiger partial charge in [0.25, 0.3) is 0 Å². The van der Waals surface area contributed by atoms with Gasteiger partial charge in [0.05, 0.1) is 19.0 Å². The number of aromatic nitrogens is 3. The maximum atomic E-state index is 5.64. The second kappa shape index (κ2) is 4.32. The molecule has 0 amide bonds. The Morgan fingerprint density at radius 1 is 1.41 bits per heavy atom. The molecule has 0 fully saturated rings. The van der Waals surface area contributed by atoms with Crippen molar-refractivity contribution in [2.75, 3.05) is 18.2 Å². The van der Waals surface area contributed by atoms with Gasteiger partial charge < -0.3 is 15.8 Å². The maximum Gasteiger partial charge on any atom is 0.213 e. The van der Waals surface area contributed by atoms with Crippen LogP contribution in [0.5, 0.6) is 5.88 Å². The SMILES string of the molecule is COc1cc(Nc2ncc(N)cc2C)nn1C. The van der Waals surface area contributed by atoms with Crippen LogP contribution in [-0.2, 0) is 7.05 Å². The van der Waals surface area contributed by atoms with Crippen molar-refractivity contribution in [3.8, 4) is 5.88 Å². The summed E-state index contributed by atoms with van der Waals surface area (Å²) < 4.78 is 6.78. The van der Waals surface area contributed by atoms with Crippen molar-refractivity contribution in [1.82, 2.24) is 14.8 Å². The molecule has 0 atom stereocenters. The molecule has 0 aromatic carbocycles. The zero-order valence-electron chi connectivity index (χ0n) is 10.1. The van der Waals surface area contributed by atoms with Gasteiger partial charge in [-0.2, -0.15) is 5.10 Å². The van der Waals surface area contributed by atoms with E-state index in [1.54, 1.807) is 24.1 Å². The van der Waals surface area contributed by atoms with E-state index in [0.717, 1.165) is 11.4 Å². The van der Waals surface area contributed by atoms with E-state index in [-0.39, 0.29) is 0 Å². The van der Waals surface area contributed by atoms with E-state index in [1.807, 2.05) is 20.0 Å². The number of hydrogen-bond acceptors (Lipinski definition) is 5. The van der Waals surface area contributed by atoms with Gasteiger partial charge in [-0.3, -0.25) is 0 Å². The Labute approximate surface area is 99.4 Å². The second-order valence-corrected chi connectivity index (χ2v) is 3.75. The number of methoxy groups -OCH3 is 1. The molecule has 0 radical (unpaired) electrons. The van der Waals surface area contributed by atoms with Gasteiger partial charge in [0.1, 0.15) is 5.82 Å². The molecule has 0 aliphatic carbocycles. The molecule has 0 unspecified atom stereocenters. The van der Waals surface area contributed by atoms with Crippen LogP contribution in [0.2, 0.25) is 0 Å². The van der Waals surface area contributed by atoms with E-state index in [9.17, 15) is 0 Å². The molecular weight excluding hydrogens is 218 g/mol. The summed E-state index contributed by atoms with van der Waals surface area (Å²) in [6.07, 6.45) is 1.61. The fourth-order valence-electron chi connectivity index (χ4n) is 1.55. The van der Waals surface area contributed by atoms with Crippen molar-refractivity contribution in [3.63, 3.8) is 0 Å². The molecule has 2 aromatic heterocycles. The summed E-state index contributed by atoms with van der Waals surface area (Å²) in [5, 5.41) is 7.37. The summed E-state index contributed by atoms with van der Waals surface area (Å²) in [5.41, 5.74) is 7.25. The van der Waals surface area contributed by atoms with Crippen molar-refractivity contribution < 1.29 is 4.74 Å². The molecule has 0 aliphatic rings. The topological polar surface area (TPSA) is 78.0 Å². The Morgan fingerprint density at radius 3 is 2.76 bits per heavy atom. The lowest BCUT2D eigenvalue weighted by molar-refractivity contribution is 0.373. The van der Waals surface area contributed by atoms with Crippen molar-refractivity contribution in [1.29, 1.82) is 0 Å². The smallest absolute Gasteiger partial charge is 0.213 e. The first-order valence-corrected chi connectivity index (χ1v) is 5.17. The van der Waals surface area contributed by atoms with E-state index in [1.165, 1.54) is 0 Å². The summed E-state index contributed by atoms with van der Waals surface area (Å²) in [6, 6.07) is 3.66. The number of rotatable bonds is 3. The molecule has 6 heteroatoms. The Bertz CT molecular complexity index is 535. The quantitative estimate of drug-likeness (QED) is 0.839. The second-order valence-electron chi connectivity index (χ2n) is 3.75. The average Bonchev–Trinajstić information content (AvgIpc) is 2.63.